The number of anilines is 1. The van der Waals surface area contributed by atoms with E-state index in [0.29, 0.717) is 35.9 Å². The monoisotopic (exact) mass is 360 g/mol. The normalized spacial score (nSPS) is 15.5. The lowest BCUT2D eigenvalue weighted by molar-refractivity contribution is -0.134. The summed E-state index contributed by atoms with van der Waals surface area (Å²) in [6.45, 7) is 9.74. The summed E-state index contributed by atoms with van der Waals surface area (Å²) >= 11 is 0. The quantitative estimate of drug-likeness (QED) is 0.759. The smallest absolute Gasteiger partial charge is 0.271 e. The van der Waals surface area contributed by atoms with E-state index in [9.17, 15) is 14.4 Å². The Hall–Kier alpha value is -2.37. The van der Waals surface area contributed by atoms with Crippen molar-refractivity contribution >= 4 is 23.3 Å². The highest BCUT2D eigenvalue weighted by Crippen LogP contribution is 2.38. The summed E-state index contributed by atoms with van der Waals surface area (Å²) in [6.07, 6.45) is 1.19. The fraction of sp³-hybridized carbons (Fsp3) is 0.550. The van der Waals surface area contributed by atoms with Gasteiger partial charge in [-0.1, -0.05) is 20.8 Å². The van der Waals surface area contributed by atoms with Crippen LogP contribution in [0, 0.1) is 5.92 Å². The van der Waals surface area contributed by atoms with Gasteiger partial charge in [-0.3, -0.25) is 19.3 Å². The Balaban J connectivity index is 2.34. The number of carbonyl (C=O) groups excluding carboxylic acids is 3. The lowest BCUT2D eigenvalue weighted by atomic mass is 10.0. The number of nitrogens with one attached hydrogen (secondary N) is 1. The van der Waals surface area contributed by atoms with E-state index in [0.717, 1.165) is 6.42 Å². The van der Waals surface area contributed by atoms with E-state index in [4.69, 9.17) is 4.74 Å². The van der Waals surface area contributed by atoms with E-state index in [1.807, 2.05) is 20.8 Å². The molecule has 1 heterocycles. The van der Waals surface area contributed by atoms with Crippen LogP contribution in [0.5, 0.6) is 5.75 Å². The van der Waals surface area contributed by atoms with Gasteiger partial charge in [-0.25, -0.2) is 0 Å². The Labute approximate surface area is 154 Å². The van der Waals surface area contributed by atoms with Gasteiger partial charge in [0.15, 0.2) is 11.4 Å². The molecule has 0 atom stereocenters. The van der Waals surface area contributed by atoms with Crippen LogP contribution in [0.1, 0.15) is 57.8 Å². The molecule has 0 bridgehead atoms. The average Bonchev–Trinajstić information content (AvgIpc) is 2.56. The van der Waals surface area contributed by atoms with Crippen molar-refractivity contribution in [3.63, 3.8) is 0 Å². The summed E-state index contributed by atoms with van der Waals surface area (Å²) in [5.41, 5.74) is -0.0782. The Bertz CT molecular complexity index is 710. The van der Waals surface area contributed by atoms with E-state index in [-0.39, 0.29) is 24.1 Å². The fourth-order valence-corrected chi connectivity index (χ4v) is 2.79. The van der Waals surface area contributed by atoms with Crippen LogP contribution >= 0.6 is 0 Å². The summed E-state index contributed by atoms with van der Waals surface area (Å²) in [4.78, 5) is 38.8. The van der Waals surface area contributed by atoms with Crippen molar-refractivity contribution in [2.24, 2.45) is 5.92 Å². The van der Waals surface area contributed by atoms with Crippen LogP contribution in [0.2, 0.25) is 0 Å². The molecule has 0 unspecified atom stereocenters. The first-order valence-electron chi connectivity index (χ1n) is 9.10. The number of amides is 2. The molecule has 0 saturated heterocycles. The van der Waals surface area contributed by atoms with Gasteiger partial charge in [0.25, 0.3) is 5.91 Å². The second-order valence-electron chi connectivity index (χ2n) is 7.56. The van der Waals surface area contributed by atoms with Crippen LogP contribution in [-0.4, -0.2) is 36.3 Å². The fourth-order valence-electron chi connectivity index (χ4n) is 2.79. The van der Waals surface area contributed by atoms with E-state index in [2.05, 4.69) is 5.32 Å². The molecule has 6 heteroatoms. The Morgan fingerprint density at radius 3 is 2.58 bits per heavy atom. The maximum absolute atomic E-state index is 12.8. The highest BCUT2D eigenvalue weighted by Gasteiger charge is 2.41. The predicted octanol–water partition coefficient (Wildman–Crippen LogP) is 2.95. The maximum Gasteiger partial charge on any atom is 0.271 e. The minimum Gasteiger partial charge on any atom is -0.476 e. The second-order valence-corrected chi connectivity index (χ2v) is 7.56. The minimum absolute atomic E-state index is 0.0109. The number of carbonyl (C=O) groups is 3. The highest BCUT2D eigenvalue weighted by molar-refractivity contribution is 6.07. The average molecular weight is 360 g/mol. The molecular formula is C20H28N2O4. The Morgan fingerprint density at radius 1 is 1.27 bits per heavy atom. The van der Waals surface area contributed by atoms with Crippen molar-refractivity contribution in [1.29, 1.82) is 0 Å². The molecule has 1 aromatic carbocycles. The van der Waals surface area contributed by atoms with Gasteiger partial charge >= 0.3 is 0 Å². The second kappa shape index (κ2) is 7.89. The van der Waals surface area contributed by atoms with Crippen LogP contribution in [0.4, 0.5) is 5.69 Å². The molecule has 0 fully saturated rings. The van der Waals surface area contributed by atoms with Crippen molar-refractivity contribution in [2.75, 3.05) is 18.0 Å². The largest absolute Gasteiger partial charge is 0.476 e. The minimum atomic E-state index is -1.07. The third kappa shape index (κ3) is 4.42. The van der Waals surface area contributed by atoms with E-state index in [1.165, 1.54) is 4.90 Å². The standard InChI is InChI=1S/C20H28N2O4/c1-6-7-16(23)14-8-9-17-15(10-14)22(19(25)20(4,5)26-17)12-18(24)21-11-13(2)3/h8-10,13H,6-7,11-12H2,1-5H3,(H,21,24). The summed E-state index contributed by atoms with van der Waals surface area (Å²) in [6, 6.07) is 5.06. The van der Waals surface area contributed by atoms with Crippen molar-refractivity contribution in [3.8, 4) is 5.75 Å². The van der Waals surface area contributed by atoms with Crippen LogP contribution in [0.25, 0.3) is 0 Å². The molecule has 2 amide bonds. The lowest BCUT2D eigenvalue weighted by Crippen LogP contribution is -2.55. The zero-order valence-corrected chi connectivity index (χ0v) is 16.2. The molecule has 1 N–H and O–H groups in total. The zero-order chi connectivity index (χ0) is 19.5. The number of ketones is 1. The summed E-state index contributed by atoms with van der Waals surface area (Å²) in [5, 5.41) is 2.83. The zero-order valence-electron chi connectivity index (χ0n) is 16.2. The highest BCUT2D eigenvalue weighted by atomic mass is 16.5. The molecule has 142 valence electrons. The van der Waals surface area contributed by atoms with Crippen molar-refractivity contribution in [2.45, 2.75) is 53.1 Å². The number of hydrogen-bond acceptors (Lipinski definition) is 4. The molecule has 26 heavy (non-hydrogen) atoms. The SMILES string of the molecule is CCCC(=O)c1ccc2c(c1)N(CC(=O)NCC(C)C)C(=O)C(C)(C)O2. The first-order valence-corrected chi connectivity index (χ1v) is 9.10. The van der Waals surface area contributed by atoms with E-state index < -0.39 is 5.60 Å². The molecule has 0 saturated carbocycles. The Morgan fingerprint density at radius 2 is 1.96 bits per heavy atom. The number of Topliss-reactive ketones (excluding diaryl/α,β-unsaturated/α-hetero) is 1. The van der Waals surface area contributed by atoms with Gasteiger partial charge in [0.1, 0.15) is 12.3 Å². The molecule has 6 nitrogen and oxygen atoms in total. The van der Waals surface area contributed by atoms with Gasteiger partial charge in [-0.15, -0.1) is 0 Å². The number of benzene rings is 1. The topological polar surface area (TPSA) is 75.7 Å². The maximum atomic E-state index is 12.8. The number of rotatable bonds is 7. The van der Waals surface area contributed by atoms with Crippen molar-refractivity contribution in [1.82, 2.24) is 5.32 Å². The number of nitrogens with zero attached hydrogens (tertiary/aromatic N) is 1. The number of fused-ring (bicyclic) bond motifs is 1. The Kier molecular flexibility index (Phi) is 6.05. The van der Waals surface area contributed by atoms with E-state index >= 15 is 0 Å². The molecule has 0 spiro atoms. The molecule has 1 aliphatic rings. The van der Waals surface area contributed by atoms with Crippen LogP contribution in [-0.2, 0) is 9.59 Å². The molecule has 0 aliphatic carbocycles. The molecular weight excluding hydrogens is 332 g/mol. The van der Waals surface area contributed by atoms with Crippen molar-refractivity contribution < 1.29 is 19.1 Å². The van der Waals surface area contributed by atoms with Crippen LogP contribution in [0.15, 0.2) is 18.2 Å². The molecule has 1 aromatic rings. The molecule has 2 rings (SSSR count). The van der Waals surface area contributed by atoms with Crippen LogP contribution in [0.3, 0.4) is 0 Å². The third-order valence-corrected chi connectivity index (χ3v) is 4.18. The number of hydrogen-bond donors (Lipinski definition) is 1. The molecule has 0 aromatic heterocycles. The third-order valence-electron chi connectivity index (χ3n) is 4.18. The summed E-state index contributed by atoms with van der Waals surface area (Å²) in [7, 11) is 0. The lowest BCUT2D eigenvalue weighted by Gasteiger charge is -2.38. The van der Waals surface area contributed by atoms with Gasteiger partial charge in [0.05, 0.1) is 5.69 Å². The van der Waals surface area contributed by atoms with Crippen LogP contribution < -0.4 is 15.0 Å². The molecule has 0 radical (unpaired) electrons. The first-order chi connectivity index (χ1) is 12.2. The summed E-state index contributed by atoms with van der Waals surface area (Å²) < 4.78 is 5.80. The van der Waals surface area contributed by atoms with Gasteiger partial charge in [-0.05, 0) is 44.4 Å². The van der Waals surface area contributed by atoms with Gasteiger partial charge in [0, 0.05) is 18.5 Å². The first kappa shape index (κ1) is 19.9. The van der Waals surface area contributed by atoms with Gasteiger partial charge in [0.2, 0.25) is 5.91 Å². The van der Waals surface area contributed by atoms with E-state index in [1.54, 1.807) is 32.0 Å². The predicted molar refractivity (Wildman–Crippen MR) is 101 cm³/mol. The van der Waals surface area contributed by atoms with Gasteiger partial charge in [-0.2, -0.15) is 0 Å². The summed E-state index contributed by atoms with van der Waals surface area (Å²) in [5.74, 6) is 0.295. The van der Waals surface area contributed by atoms with Crippen molar-refractivity contribution in [3.05, 3.63) is 23.8 Å². The van der Waals surface area contributed by atoms with Gasteiger partial charge < -0.3 is 10.1 Å². The number of ether oxygens (including phenoxy) is 1. The molecule has 1 aliphatic heterocycles.